The van der Waals surface area contributed by atoms with Gasteiger partial charge in [-0.3, -0.25) is 4.79 Å². The van der Waals surface area contributed by atoms with E-state index in [-0.39, 0.29) is 5.91 Å². The molecule has 0 fully saturated rings. The molecule has 124 valence electrons. The van der Waals surface area contributed by atoms with Gasteiger partial charge in [-0.2, -0.15) is 0 Å². The zero-order valence-electron chi connectivity index (χ0n) is 14.2. The lowest BCUT2D eigenvalue weighted by Crippen LogP contribution is -2.24. The SMILES string of the molecule is COc1ccccc1CNC(=O)Cc1ccc2c(c1)nc(C)n2C. The molecular weight excluding hydrogens is 302 g/mol. The van der Waals surface area contributed by atoms with Gasteiger partial charge in [-0.15, -0.1) is 0 Å². The van der Waals surface area contributed by atoms with Crippen molar-refractivity contribution >= 4 is 16.9 Å². The Labute approximate surface area is 141 Å². The van der Waals surface area contributed by atoms with Crippen molar-refractivity contribution in [3.8, 4) is 5.75 Å². The summed E-state index contributed by atoms with van der Waals surface area (Å²) in [6.45, 7) is 2.42. The summed E-state index contributed by atoms with van der Waals surface area (Å²) in [6.07, 6.45) is 0.334. The molecule has 0 atom stereocenters. The number of methoxy groups -OCH3 is 1. The molecule has 3 aromatic rings. The van der Waals surface area contributed by atoms with Crippen LogP contribution in [-0.4, -0.2) is 22.6 Å². The van der Waals surface area contributed by atoms with Crippen LogP contribution in [0.2, 0.25) is 0 Å². The maximum Gasteiger partial charge on any atom is 0.224 e. The Hall–Kier alpha value is -2.82. The van der Waals surface area contributed by atoms with E-state index in [0.29, 0.717) is 13.0 Å². The molecule has 0 aliphatic rings. The maximum absolute atomic E-state index is 12.2. The van der Waals surface area contributed by atoms with Gasteiger partial charge < -0.3 is 14.6 Å². The second-order valence-corrected chi connectivity index (χ2v) is 5.81. The third-order valence-corrected chi connectivity index (χ3v) is 4.20. The van der Waals surface area contributed by atoms with Crippen LogP contribution in [0.5, 0.6) is 5.75 Å². The second-order valence-electron chi connectivity index (χ2n) is 5.81. The number of carbonyl (C=O) groups is 1. The molecule has 0 unspecified atom stereocenters. The van der Waals surface area contributed by atoms with Gasteiger partial charge in [0.05, 0.1) is 24.6 Å². The fourth-order valence-corrected chi connectivity index (χ4v) is 2.77. The maximum atomic E-state index is 12.2. The summed E-state index contributed by atoms with van der Waals surface area (Å²) in [5.74, 6) is 1.72. The van der Waals surface area contributed by atoms with E-state index in [1.165, 1.54) is 0 Å². The first-order valence-electron chi connectivity index (χ1n) is 7.89. The van der Waals surface area contributed by atoms with E-state index in [1.54, 1.807) is 7.11 Å². The highest BCUT2D eigenvalue weighted by molar-refractivity contribution is 5.82. The van der Waals surface area contributed by atoms with Gasteiger partial charge in [0.15, 0.2) is 0 Å². The summed E-state index contributed by atoms with van der Waals surface area (Å²) in [5.41, 5.74) is 3.91. The van der Waals surface area contributed by atoms with Crippen LogP contribution in [0.25, 0.3) is 11.0 Å². The first-order chi connectivity index (χ1) is 11.6. The lowest BCUT2D eigenvalue weighted by Gasteiger charge is -2.09. The van der Waals surface area contributed by atoms with Crippen molar-refractivity contribution in [3.05, 3.63) is 59.4 Å². The number of rotatable bonds is 5. The van der Waals surface area contributed by atoms with Crippen molar-refractivity contribution in [2.24, 2.45) is 7.05 Å². The molecule has 0 bridgehead atoms. The minimum atomic E-state index is -0.0205. The summed E-state index contributed by atoms with van der Waals surface area (Å²) >= 11 is 0. The molecule has 1 heterocycles. The number of para-hydroxylation sites is 1. The Morgan fingerprint density at radius 2 is 2.04 bits per heavy atom. The number of hydrogen-bond acceptors (Lipinski definition) is 3. The lowest BCUT2D eigenvalue weighted by atomic mass is 10.1. The number of aryl methyl sites for hydroxylation is 2. The van der Waals surface area contributed by atoms with Crippen LogP contribution in [0.4, 0.5) is 0 Å². The quantitative estimate of drug-likeness (QED) is 0.785. The number of benzene rings is 2. The number of hydrogen-bond donors (Lipinski definition) is 1. The van der Waals surface area contributed by atoms with Crippen molar-refractivity contribution < 1.29 is 9.53 Å². The van der Waals surface area contributed by atoms with E-state index in [9.17, 15) is 4.79 Å². The smallest absolute Gasteiger partial charge is 0.224 e. The zero-order chi connectivity index (χ0) is 17.1. The minimum Gasteiger partial charge on any atom is -0.496 e. The highest BCUT2D eigenvalue weighted by Gasteiger charge is 2.09. The van der Waals surface area contributed by atoms with Gasteiger partial charge in [0.25, 0.3) is 0 Å². The fraction of sp³-hybridized carbons (Fsp3) is 0.263. The molecule has 1 N–H and O–H groups in total. The largest absolute Gasteiger partial charge is 0.496 e. The van der Waals surface area contributed by atoms with E-state index in [4.69, 9.17) is 4.74 Å². The molecule has 0 spiro atoms. The predicted molar refractivity (Wildman–Crippen MR) is 94.0 cm³/mol. The van der Waals surface area contributed by atoms with Crippen LogP contribution in [0, 0.1) is 6.92 Å². The Bertz CT molecular complexity index is 883. The monoisotopic (exact) mass is 323 g/mol. The standard InChI is InChI=1S/C19H21N3O2/c1-13-21-16-10-14(8-9-17(16)22(13)2)11-19(23)20-12-15-6-4-5-7-18(15)24-3/h4-10H,11-12H2,1-3H3,(H,20,23). The molecule has 0 radical (unpaired) electrons. The molecule has 24 heavy (non-hydrogen) atoms. The molecule has 1 aromatic heterocycles. The molecular formula is C19H21N3O2. The van der Waals surface area contributed by atoms with Gasteiger partial charge >= 0.3 is 0 Å². The third-order valence-electron chi connectivity index (χ3n) is 4.20. The number of fused-ring (bicyclic) bond motifs is 1. The molecule has 0 aliphatic heterocycles. The normalized spacial score (nSPS) is 10.8. The summed E-state index contributed by atoms with van der Waals surface area (Å²) in [7, 11) is 3.62. The van der Waals surface area contributed by atoms with Crippen LogP contribution < -0.4 is 10.1 Å². The van der Waals surface area contributed by atoms with E-state index in [0.717, 1.165) is 33.7 Å². The van der Waals surface area contributed by atoms with Crippen LogP contribution in [0.15, 0.2) is 42.5 Å². The van der Waals surface area contributed by atoms with Crippen molar-refractivity contribution in [1.82, 2.24) is 14.9 Å². The average Bonchev–Trinajstić information content (AvgIpc) is 2.87. The highest BCUT2D eigenvalue weighted by Crippen LogP contribution is 2.18. The van der Waals surface area contributed by atoms with Crippen molar-refractivity contribution in [2.75, 3.05) is 7.11 Å². The van der Waals surface area contributed by atoms with Gasteiger partial charge in [-0.05, 0) is 30.7 Å². The van der Waals surface area contributed by atoms with Crippen LogP contribution in [0.3, 0.4) is 0 Å². The second kappa shape index (κ2) is 6.74. The molecule has 0 aliphatic carbocycles. The third kappa shape index (κ3) is 3.25. The van der Waals surface area contributed by atoms with E-state index in [2.05, 4.69) is 10.3 Å². The first kappa shape index (κ1) is 16.1. The van der Waals surface area contributed by atoms with Gasteiger partial charge in [0.2, 0.25) is 5.91 Å². The summed E-state index contributed by atoms with van der Waals surface area (Å²) in [4.78, 5) is 16.7. The van der Waals surface area contributed by atoms with E-state index < -0.39 is 0 Å². The number of aromatic nitrogens is 2. The molecule has 0 saturated carbocycles. The summed E-state index contributed by atoms with van der Waals surface area (Å²) < 4.78 is 7.34. The average molecular weight is 323 g/mol. The summed E-state index contributed by atoms with van der Waals surface area (Å²) in [5, 5.41) is 2.94. The molecule has 0 saturated heterocycles. The minimum absolute atomic E-state index is 0.0205. The number of nitrogens with one attached hydrogen (secondary N) is 1. The van der Waals surface area contributed by atoms with Crippen molar-refractivity contribution in [3.63, 3.8) is 0 Å². The fourth-order valence-electron chi connectivity index (χ4n) is 2.77. The molecule has 1 amide bonds. The first-order valence-corrected chi connectivity index (χ1v) is 7.89. The van der Waals surface area contributed by atoms with Crippen LogP contribution >= 0.6 is 0 Å². The van der Waals surface area contributed by atoms with Crippen molar-refractivity contribution in [2.45, 2.75) is 19.9 Å². The molecule has 3 rings (SSSR count). The Balaban J connectivity index is 1.66. The lowest BCUT2D eigenvalue weighted by molar-refractivity contribution is -0.120. The number of ether oxygens (including phenoxy) is 1. The van der Waals surface area contributed by atoms with E-state index in [1.807, 2.05) is 61.0 Å². The zero-order valence-corrected chi connectivity index (χ0v) is 14.2. The van der Waals surface area contributed by atoms with Gasteiger partial charge in [0.1, 0.15) is 11.6 Å². The van der Waals surface area contributed by atoms with Gasteiger partial charge in [-0.25, -0.2) is 4.98 Å². The van der Waals surface area contributed by atoms with Crippen LogP contribution in [0.1, 0.15) is 17.0 Å². The number of amides is 1. The molecule has 5 nitrogen and oxygen atoms in total. The van der Waals surface area contributed by atoms with Gasteiger partial charge in [-0.1, -0.05) is 24.3 Å². The molecule has 2 aromatic carbocycles. The number of nitrogens with zero attached hydrogens (tertiary/aromatic N) is 2. The summed E-state index contributed by atoms with van der Waals surface area (Å²) in [6, 6.07) is 13.6. The van der Waals surface area contributed by atoms with Crippen LogP contribution in [-0.2, 0) is 24.8 Å². The highest BCUT2D eigenvalue weighted by atomic mass is 16.5. The Morgan fingerprint density at radius 1 is 1.25 bits per heavy atom. The number of imidazole rings is 1. The van der Waals surface area contributed by atoms with Gasteiger partial charge in [0, 0.05) is 19.2 Å². The van der Waals surface area contributed by atoms with E-state index >= 15 is 0 Å². The number of carbonyl (C=O) groups excluding carboxylic acids is 1. The topological polar surface area (TPSA) is 56.1 Å². The molecule has 5 heteroatoms. The Kier molecular flexibility index (Phi) is 4.51. The van der Waals surface area contributed by atoms with Crippen molar-refractivity contribution in [1.29, 1.82) is 0 Å². The Morgan fingerprint density at radius 3 is 2.83 bits per heavy atom. The predicted octanol–water partition coefficient (Wildman–Crippen LogP) is 2.75.